The molecule has 0 radical (unpaired) electrons. The second-order valence-electron chi connectivity index (χ2n) is 6.69. The molecular formula is C24H19N3O4. The number of hydrogen-bond acceptors (Lipinski definition) is 6. The highest BCUT2D eigenvalue weighted by molar-refractivity contribution is 6.11. The van der Waals surface area contributed by atoms with Gasteiger partial charge in [0.1, 0.15) is 0 Å². The highest BCUT2D eigenvalue weighted by Crippen LogP contribution is 2.20. The largest absolute Gasteiger partial charge is 0.452 e. The normalized spacial score (nSPS) is 10.5. The fourth-order valence-corrected chi connectivity index (χ4v) is 3.01. The minimum atomic E-state index is -0.648. The second kappa shape index (κ2) is 9.04. The molecule has 154 valence electrons. The molecule has 7 nitrogen and oxygen atoms in total. The van der Waals surface area contributed by atoms with Crippen molar-refractivity contribution in [2.45, 2.75) is 6.61 Å². The molecular weight excluding hydrogens is 394 g/mol. The number of amides is 1. The summed E-state index contributed by atoms with van der Waals surface area (Å²) in [6.07, 6.45) is 0. The Morgan fingerprint density at radius 2 is 1.45 bits per heavy atom. The van der Waals surface area contributed by atoms with E-state index >= 15 is 0 Å². The number of ether oxygens (including phenoxy) is 1. The summed E-state index contributed by atoms with van der Waals surface area (Å²) in [6, 6.07) is 25.0. The van der Waals surface area contributed by atoms with Gasteiger partial charge in [0, 0.05) is 18.3 Å². The van der Waals surface area contributed by atoms with Crippen LogP contribution >= 0.6 is 0 Å². The van der Waals surface area contributed by atoms with Crippen LogP contribution in [0.2, 0.25) is 0 Å². The molecule has 0 unspecified atom stereocenters. The van der Waals surface area contributed by atoms with E-state index in [0.29, 0.717) is 5.89 Å². The van der Waals surface area contributed by atoms with Crippen LogP contribution in [0.1, 0.15) is 26.6 Å². The van der Waals surface area contributed by atoms with Crippen molar-refractivity contribution in [3.05, 3.63) is 102 Å². The predicted molar refractivity (Wildman–Crippen MR) is 114 cm³/mol. The first-order valence-electron chi connectivity index (χ1n) is 9.60. The lowest BCUT2D eigenvalue weighted by Gasteiger charge is -2.18. The van der Waals surface area contributed by atoms with Gasteiger partial charge in [-0.05, 0) is 36.4 Å². The molecule has 4 aromatic rings. The summed E-state index contributed by atoms with van der Waals surface area (Å²) in [5, 5.41) is 7.89. The van der Waals surface area contributed by atoms with Crippen LogP contribution in [-0.2, 0) is 11.3 Å². The number of benzene rings is 3. The summed E-state index contributed by atoms with van der Waals surface area (Å²) < 4.78 is 10.9. The van der Waals surface area contributed by atoms with Gasteiger partial charge < -0.3 is 14.1 Å². The number of anilines is 1. The van der Waals surface area contributed by atoms with E-state index in [1.165, 1.54) is 4.90 Å². The average Bonchev–Trinajstić information content (AvgIpc) is 3.32. The zero-order chi connectivity index (χ0) is 21.6. The number of carbonyl (C=O) groups is 2. The van der Waals surface area contributed by atoms with Gasteiger partial charge in [0.25, 0.3) is 11.8 Å². The third kappa shape index (κ3) is 4.51. The van der Waals surface area contributed by atoms with Crippen molar-refractivity contribution in [1.29, 1.82) is 0 Å². The van der Waals surface area contributed by atoms with Crippen LogP contribution in [0.15, 0.2) is 89.3 Å². The summed E-state index contributed by atoms with van der Waals surface area (Å²) in [5.74, 6) is -0.461. The van der Waals surface area contributed by atoms with E-state index in [0.717, 1.165) is 11.3 Å². The van der Waals surface area contributed by atoms with Gasteiger partial charge in [0.2, 0.25) is 5.89 Å². The number of aromatic nitrogens is 2. The molecule has 1 amide bonds. The van der Waals surface area contributed by atoms with E-state index in [1.54, 1.807) is 31.3 Å². The molecule has 0 fully saturated rings. The maximum atomic E-state index is 13.0. The fourth-order valence-electron chi connectivity index (χ4n) is 3.01. The summed E-state index contributed by atoms with van der Waals surface area (Å²) in [7, 11) is 1.66. The quantitative estimate of drug-likeness (QED) is 0.436. The maximum Gasteiger partial charge on any atom is 0.339 e. The van der Waals surface area contributed by atoms with Crippen LogP contribution < -0.4 is 4.90 Å². The summed E-state index contributed by atoms with van der Waals surface area (Å²) >= 11 is 0. The molecule has 1 aromatic heterocycles. The van der Waals surface area contributed by atoms with Gasteiger partial charge in [-0.3, -0.25) is 4.79 Å². The molecule has 0 N–H and O–H groups in total. The van der Waals surface area contributed by atoms with E-state index < -0.39 is 5.97 Å². The van der Waals surface area contributed by atoms with Gasteiger partial charge in [0.15, 0.2) is 6.61 Å². The zero-order valence-corrected chi connectivity index (χ0v) is 16.8. The van der Waals surface area contributed by atoms with Crippen molar-refractivity contribution < 1.29 is 18.7 Å². The number of esters is 1. The number of para-hydroxylation sites is 1. The standard InChI is InChI=1S/C24H19N3O4/c1-27(18-12-6-3-7-13-18)23(28)19-14-8-9-15-20(19)24(29)30-16-21-25-26-22(31-21)17-10-4-2-5-11-17/h2-15H,16H2,1H3. The monoisotopic (exact) mass is 413 g/mol. The van der Waals surface area contributed by atoms with Gasteiger partial charge in [-0.1, -0.05) is 48.5 Å². The molecule has 0 aliphatic rings. The van der Waals surface area contributed by atoms with Crippen LogP contribution in [-0.4, -0.2) is 29.1 Å². The molecule has 7 heteroatoms. The summed E-state index contributed by atoms with van der Waals surface area (Å²) in [5.41, 5.74) is 1.90. The van der Waals surface area contributed by atoms with E-state index in [2.05, 4.69) is 10.2 Å². The van der Waals surface area contributed by atoms with Crippen LogP contribution in [0.4, 0.5) is 5.69 Å². The number of nitrogens with zero attached hydrogens (tertiary/aromatic N) is 3. The third-order valence-electron chi connectivity index (χ3n) is 4.64. The molecule has 0 spiro atoms. The van der Waals surface area contributed by atoms with Crippen LogP contribution in [0.3, 0.4) is 0 Å². The minimum Gasteiger partial charge on any atom is -0.452 e. The zero-order valence-electron chi connectivity index (χ0n) is 16.8. The topological polar surface area (TPSA) is 85.5 Å². The average molecular weight is 413 g/mol. The number of rotatable bonds is 6. The molecule has 4 rings (SSSR count). The molecule has 0 saturated carbocycles. The molecule has 0 saturated heterocycles. The molecule has 0 bridgehead atoms. The highest BCUT2D eigenvalue weighted by atomic mass is 16.5. The Hall–Kier alpha value is -4.26. The summed E-state index contributed by atoms with van der Waals surface area (Å²) in [4.78, 5) is 27.2. The van der Waals surface area contributed by atoms with Gasteiger partial charge in [0.05, 0.1) is 11.1 Å². The molecule has 3 aromatic carbocycles. The van der Waals surface area contributed by atoms with E-state index in [-0.39, 0.29) is 29.5 Å². The predicted octanol–water partition coefficient (Wildman–Crippen LogP) is 4.37. The van der Waals surface area contributed by atoms with E-state index in [1.807, 2.05) is 60.7 Å². The Bertz CT molecular complexity index is 1190. The maximum absolute atomic E-state index is 13.0. The van der Waals surface area contributed by atoms with Gasteiger partial charge in [-0.25, -0.2) is 4.79 Å². The molecule has 0 atom stereocenters. The van der Waals surface area contributed by atoms with E-state index in [4.69, 9.17) is 9.15 Å². The Morgan fingerprint density at radius 3 is 2.16 bits per heavy atom. The Balaban J connectivity index is 1.47. The Labute approximate surface area is 178 Å². The second-order valence-corrected chi connectivity index (χ2v) is 6.69. The first-order valence-corrected chi connectivity index (χ1v) is 9.60. The third-order valence-corrected chi connectivity index (χ3v) is 4.64. The van der Waals surface area contributed by atoms with Gasteiger partial charge in [-0.15, -0.1) is 10.2 Å². The SMILES string of the molecule is CN(C(=O)c1ccccc1C(=O)OCc1nnc(-c2ccccc2)o1)c1ccccc1. The number of hydrogen-bond donors (Lipinski definition) is 0. The van der Waals surface area contributed by atoms with E-state index in [9.17, 15) is 9.59 Å². The van der Waals surface area contributed by atoms with Gasteiger partial charge >= 0.3 is 5.97 Å². The first kappa shape index (κ1) is 20.0. The Morgan fingerprint density at radius 1 is 0.839 bits per heavy atom. The molecule has 1 heterocycles. The smallest absolute Gasteiger partial charge is 0.339 e. The fraction of sp³-hybridized carbons (Fsp3) is 0.0833. The minimum absolute atomic E-state index is 0.164. The van der Waals surface area contributed by atoms with Crippen molar-refractivity contribution in [2.75, 3.05) is 11.9 Å². The van der Waals surface area contributed by atoms with Crippen LogP contribution in [0.25, 0.3) is 11.5 Å². The molecule has 0 aliphatic carbocycles. The molecule has 0 aliphatic heterocycles. The van der Waals surface area contributed by atoms with Crippen molar-refractivity contribution in [1.82, 2.24) is 10.2 Å². The van der Waals surface area contributed by atoms with Crippen molar-refractivity contribution in [2.24, 2.45) is 0 Å². The number of carbonyl (C=O) groups excluding carboxylic acids is 2. The summed E-state index contributed by atoms with van der Waals surface area (Å²) in [6.45, 7) is -0.199. The molecule has 31 heavy (non-hydrogen) atoms. The lowest BCUT2D eigenvalue weighted by molar-refractivity contribution is 0.0436. The van der Waals surface area contributed by atoms with Crippen LogP contribution in [0.5, 0.6) is 0 Å². The lowest BCUT2D eigenvalue weighted by Crippen LogP contribution is -2.28. The first-order chi connectivity index (χ1) is 15.1. The Kier molecular flexibility index (Phi) is 5.84. The van der Waals surface area contributed by atoms with Crippen molar-refractivity contribution >= 4 is 17.6 Å². The van der Waals surface area contributed by atoms with Gasteiger partial charge in [-0.2, -0.15) is 0 Å². The van der Waals surface area contributed by atoms with Crippen LogP contribution in [0, 0.1) is 0 Å². The highest BCUT2D eigenvalue weighted by Gasteiger charge is 2.22. The lowest BCUT2D eigenvalue weighted by atomic mass is 10.1. The van der Waals surface area contributed by atoms with Crippen molar-refractivity contribution in [3.8, 4) is 11.5 Å². The van der Waals surface area contributed by atoms with Crippen molar-refractivity contribution in [3.63, 3.8) is 0 Å².